The van der Waals surface area contributed by atoms with Gasteiger partial charge < -0.3 is 15.0 Å². The van der Waals surface area contributed by atoms with E-state index < -0.39 is 0 Å². The zero-order chi connectivity index (χ0) is 15.5. The van der Waals surface area contributed by atoms with E-state index in [1.54, 1.807) is 7.11 Å². The second-order valence-electron chi connectivity index (χ2n) is 4.87. The molecule has 21 heavy (non-hydrogen) atoms. The van der Waals surface area contributed by atoms with Crippen LogP contribution >= 0.6 is 0 Å². The molecule has 0 radical (unpaired) electrons. The monoisotopic (exact) mass is 292 g/mol. The lowest BCUT2D eigenvalue weighted by molar-refractivity contribution is -0.134. The third-order valence-corrected chi connectivity index (χ3v) is 3.15. The van der Waals surface area contributed by atoms with Crippen LogP contribution < -0.4 is 5.32 Å². The molecule has 0 atom stereocenters. The van der Waals surface area contributed by atoms with Crippen molar-refractivity contribution in [1.29, 1.82) is 0 Å². The van der Waals surface area contributed by atoms with Gasteiger partial charge in [0.2, 0.25) is 11.8 Å². The highest BCUT2D eigenvalue weighted by Gasteiger charge is 2.12. The molecule has 1 aromatic carbocycles. The van der Waals surface area contributed by atoms with E-state index in [1.807, 2.05) is 18.2 Å². The highest BCUT2D eigenvalue weighted by Crippen LogP contribution is 2.01. The fourth-order valence-corrected chi connectivity index (χ4v) is 1.94. The number of nitrogens with zero attached hydrogens (tertiary/aromatic N) is 1. The predicted octanol–water partition coefficient (Wildman–Crippen LogP) is 1.23. The number of ether oxygens (including phenoxy) is 1. The molecule has 0 saturated heterocycles. The summed E-state index contributed by atoms with van der Waals surface area (Å²) in [6.07, 6.45) is 1.81. The molecule has 0 aliphatic carbocycles. The summed E-state index contributed by atoms with van der Waals surface area (Å²) in [6, 6.07) is 10.2. The average molecular weight is 292 g/mol. The molecule has 0 saturated carbocycles. The van der Waals surface area contributed by atoms with Gasteiger partial charge in [0.25, 0.3) is 0 Å². The number of benzene rings is 1. The highest BCUT2D eigenvalue weighted by atomic mass is 16.5. The van der Waals surface area contributed by atoms with Crippen molar-refractivity contribution in [2.24, 2.45) is 0 Å². The van der Waals surface area contributed by atoms with Gasteiger partial charge in [-0.25, -0.2) is 0 Å². The minimum absolute atomic E-state index is 0.0873. The van der Waals surface area contributed by atoms with Gasteiger partial charge in [-0.2, -0.15) is 0 Å². The summed E-state index contributed by atoms with van der Waals surface area (Å²) >= 11 is 0. The van der Waals surface area contributed by atoms with Gasteiger partial charge in [0.05, 0.1) is 13.2 Å². The number of amides is 2. The number of aryl methyl sites for hydroxylation is 1. The van der Waals surface area contributed by atoms with Gasteiger partial charge in [0.15, 0.2) is 0 Å². The van der Waals surface area contributed by atoms with Crippen molar-refractivity contribution in [2.75, 3.05) is 33.4 Å². The van der Waals surface area contributed by atoms with Gasteiger partial charge in [-0.3, -0.25) is 9.59 Å². The quantitative estimate of drug-likeness (QED) is 0.696. The van der Waals surface area contributed by atoms with Gasteiger partial charge in [0.1, 0.15) is 0 Å². The Labute approximate surface area is 126 Å². The molecule has 0 spiro atoms. The number of hydrogen-bond donors (Lipinski definition) is 1. The van der Waals surface area contributed by atoms with Crippen molar-refractivity contribution < 1.29 is 14.3 Å². The Morgan fingerprint density at radius 1 is 1.24 bits per heavy atom. The summed E-state index contributed by atoms with van der Waals surface area (Å²) in [5.41, 5.74) is 1.26. The molecule has 0 aromatic heterocycles. The van der Waals surface area contributed by atoms with E-state index in [4.69, 9.17) is 4.74 Å². The maximum Gasteiger partial charge on any atom is 0.239 e. The summed E-state index contributed by atoms with van der Waals surface area (Å²) in [6.45, 7) is 3.02. The lowest BCUT2D eigenvalue weighted by atomic mass is 10.1. The van der Waals surface area contributed by atoms with Crippen LogP contribution in [0, 0.1) is 0 Å². The van der Waals surface area contributed by atoms with Gasteiger partial charge in [-0.1, -0.05) is 30.3 Å². The fraction of sp³-hybridized carbons (Fsp3) is 0.500. The maximum atomic E-state index is 11.8. The van der Waals surface area contributed by atoms with Crippen molar-refractivity contribution in [2.45, 2.75) is 19.8 Å². The van der Waals surface area contributed by atoms with Crippen molar-refractivity contribution >= 4 is 11.8 Å². The smallest absolute Gasteiger partial charge is 0.239 e. The minimum Gasteiger partial charge on any atom is -0.383 e. The molecule has 1 aromatic rings. The molecule has 2 amide bonds. The first kappa shape index (κ1) is 17.2. The van der Waals surface area contributed by atoms with E-state index in [0.29, 0.717) is 19.7 Å². The van der Waals surface area contributed by atoms with Crippen molar-refractivity contribution in [3.63, 3.8) is 0 Å². The SMILES string of the molecule is COCCN(CC(=O)NCCCc1ccccc1)C(C)=O. The molecule has 0 bridgehead atoms. The largest absolute Gasteiger partial charge is 0.383 e. The Bertz CT molecular complexity index is 434. The van der Waals surface area contributed by atoms with E-state index in [0.717, 1.165) is 12.8 Å². The Hall–Kier alpha value is -1.88. The molecule has 0 heterocycles. The topological polar surface area (TPSA) is 58.6 Å². The molecular formula is C16H24N2O3. The van der Waals surface area contributed by atoms with Crippen LogP contribution in [-0.4, -0.2) is 50.1 Å². The van der Waals surface area contributed by atoms with E-state index in [1.165, 1.54) is 17.4 Å². The molecule has 116 valence electrons. The fourth-order valence-electron chi connectivity index (χ4n) is 1.94. The molecule has 1 N–H and O–H groups in total. The van der Waals surface area contributed by atoms with Crippen LogP contribution in [0.3, 0.4) is 0 Å². The zero-order valence-corrected chi connectivity index (χ0v) is 12.8. The third-order valence-electron chi connectivity index (χ3n) is 3.15. The highest BCUT2D eigenvalue weighted by molar-refractivity contribution is 5.83. The van der Waals surface area contributed by atoms with E-state index in [2.05, 4.69) is 17.4 Å². The third kappa shape index (κ3) is 7.46. The van der Waals surface area contributed by atoms with Crippen LogP contribution in [-0.2, 0) is 20.7 Å². The van der Waals surface area contributed by atoms with Crippen LogP contribution in [0.5, 0.6) is 0 Å². The minimum atomic E-state index is -0.130. The molecule has 5 heteroatoms. The van der Waals surface area contributed by atoms with Gasteiger partial charge in [-0.05, 0) is 18.4 Å². The lowest BCUT2D eigenvalue weighted by Gasteiger charge is -2.19. The number of nitrogens with one attached hydrogen (secondary N) is 1. The Morgan fingerprint density at radius 3 is 2.57 bits per heavy atom. The van der Waals surface area contributed by atoms with E-state index in [9.17, 15) is 9.59 Å². The molecular weight excluding hydrogens is 268 g/mol. The predicted molar refractivity (Wildman–Crippen MR) is 81.9 cm³/mol. The van der Waals surface area contributed by atoms with E-state index >= 15 is 0 Å². The molecule has 0 unspecified atom stereocenters. The first-order chi connectivity index (χ1) is 10.1. The summed E-state index contributed by atoms with van der Waals surface area (Å²) in [4.78, 5) is 24.7. The standard InChI is InChI=1S/C16H24N2O3/c1-14(19)18(11-12-21-2)13-16(20)17-10-6-9-15-7-4-3-5-8-15/h3-5,7-8H,6,9-13H2,1-2H3,(H,17,20). The van der Waals surface area contributed by atoms with Gasteiger partial charge in [-0.15, -0.1) is 0 Å². The Morgan fingerprint density at radius 2 is 1.95 bits per heavy atom. The first-order valence-electron chi connectivity index (χ1n) is 7.18. The van der Waals surface area contributed by atoms with Gasteiger partial charge in [0, 0.05) is 27.1 Å². The number of carbonyl (C=O) groups is 2. The number of hydrogen-bond acceptors (Lipinski definition) is 3. The number of carbonyl (C=O) groups excluding carboxylic acids is 2. The second-order valence-corrected chi connectivity index (χ2v) is 4.87. The Balaban J connectivity index is 2.21. The molecule has 0 aliphatic rings. The van der Waals surface area contributed by atoms with E-state index in [-0.39, 0.29) is 18.4 Å². The lowest BCUT2D eigenvalue weighted by Crippen LogP contribution is -2.41. The number of methoxy groups -OCH3 is 1. The van der Waals surface area contributed by atoms with Crippen LogP contribution in [0.25, 0.3) is 0 Å². The van der Waals surface area contributed by atoms with Crippen LogP contribution in [0.2, 0.25) is 0 Å². The van der Waals surface area contributed by atoms with Crippen molar-refractivity contribution in [3.8, 4) is 0 Å². The Kier molecular flexibility index (Phi) is 8.12. The number of rotatable bonds is 9. The normalized spacial score (nSPS) is 10.2. The second kappa shape index (κ2) is 9.94. The van der Waals surface area contributed by atoms with Gasteiger partial charge >= 0.3 is 0 Å². The molecule has 1 rings (SSSR count). The average Bonchev–Trinajstić information content (AvgIpc) is 2.48. The first-order valence-corrected chi connectivity index (χ1v) is 7.18. The summed E-state index contributed by atoms with van der Waals surface area (Å²) in [5.74, 6) is -0.249. The zero-order valence-electron chi connectivity index (χ0n) is 12.8. The summed E-state index contributed by atoms with van der Waals surface area (Å²) in [7, 11) is 1.57. The molecule has 0 aliphatic heterocycles. The molecule has 5 nitrogen and oxygen atoms in total. The van der Waals surface area contributed by atoms with Crippen LogP contribution in [0.4, 0.5) is 0 Å². The maximum absolute atomic E-state index is 11.8. The summed E-state index contributed by atoms with van der Waals surface area (Å²) < 4.78 is 4.93. The van der Waals surface area contributed by atoms with Crippen molar-refractivity contribution in [3.05, 3.63) is 35.9 Å². The van der Waals surface area contributed by atoms with Crippen LogP contribution in [0.1, 0.15) is 18.9 Å². The summed E-state index contributed by atoms with van der Waals surface area (Å²) in [5, 5.41) is 2.84. The van der Waals surface area contributed by atoms with Crippen LogP contribution in [0.15, 0.2) is 30.3 Å². The van der Waals surface area contributed by atoms with Crippen molar-refractivity contribution in [1.82, 2.24) is 10.2 Å². The molecule has 0 fully saturated rings.